The van der Waals surface area contributed by atoms with Gasteiger partial charge >= 0.3 is 0 Å². The smallest absolute Gasteiger partial charge is 0.112 e. The number of benzene rings is 2. The lowest BCUT2D eigenvalue weighted by Crippen LogP contribution is -2.22. The minimum atomic E-state index is -1.09. The van der Waals surface area contributed by atoms with Gasteiger partial charge in [-0.2, -0.15) is 5.26 Å². The molecule has 0 saturated carbocycles. The van der Waals surface area contributed by atoms with Crippen LogP contribution in [0.25, 0.3) is 0 Å². The van der Waals surface area contributed by atoms with E-state index in [9.17, 15) is 5.11 Å². The molecule has 0 aliphatic rings. The van der Waals surface area contributed by atoms with Crippen LogP contribution in [0.15, 0.2) is 48.5 Å². The van der Waals surface area contributed by atoms with Gasteiger partial charge in [0.25, 0.3) is 0 Å². The maximum Gasteiger partial charge on any atom is 0.112 e. The summed E-state index contributed by atoms with van der Waals surface area (Å²) < 4.78 is 0. The van der Waals surface area contributed by atoms with Crippen LogP contribution in [0.1, 0.15) is 42.5 Å². The van der Waals surface area contributed by atoms with Crippen molar-refractivity contribution in [2.75, 3.05) is 0 Å². The van der Waals surface area contributed by atoms with E-state index in [1.807, 2.05) is 18.2 Å². The van der Waals surface area contributed by atoms with E-state index in [1.165, 1.54) is 5.56 Å². The quantitative estimate of drug-likeness (QED) is 0.914. The van der Waals surface area contributed by atoms with Gasteiger partial charge in [0.1, 0.15) is 5.60 Å². The molecule has 102 valence electrons. The molecule has 1 unspecified atom stereocenters. The Labute approximate surface area is 120 Å². The Hall–Kier alpha value is -2.11. The number of nitriles is 1. The minimum Gasteiger partial charge on any atom is -0.381 e. The van der Waals surface area contributed by atoms with Crippen molar-refractivity contribution >= 4 is 0 Å². The van der Waals surface area contributed by atoms with Crippen LogP contribution in [0.4, 0.5) is 0 Å². The molecule has 0 aliphatic carbocycles. The second kappa shape index (κ2) is 5.90. The Kier molecular flexibility index (Phi) is 4.22. The zero-order valence-electron chi connectivity index (χ0n) is 11.9. The molecule has 0 radical (unpaired) electrons. The summed E-state index contributed by atoms with van der Waals surface area (Å²) in [5.41, 5.74) is 2.33. The average molecular weight is 265 g/mol. The molecule has 0 saturated heterocycles. The van der Waals surface area contributed by atoms with Crippen molar-refractivity contribution in [2.45, 2.75) is 32.3 Å². The topological polar surface area (TPSA) is 44.0 Å². The van der Waals surface area contributed by atoms with Gasteiger partial charge < -0.3 is 5.11 Å². The van der Waals surface area contributed by atoms with Crippen molar-refractivity contribution in [3.8, 4) is 6.07 Å². The second-order valence-corrected chi connectivity index (χ2v) is 5.21. The standard InChI is InChI=1S/C18H19NO/c1-3-5-14-8-10-16(11-9-14)18(2,20)17-7-4-6-15(12-17)13-19/h4,6-12,20H,3,5H2,1-2H3. The fraction of sp³-hybridized carbons (Fsp3) is 0.278. The fourth-order valence-electron chi connectivity index (χ4n) is 2.34. The van der Waals surface area contributed by atoms with Crippen LogP contribution in [0.5, 0.6) is 0 Å². The molecule has 0 amide bonds. The Balaban J connectivity index is 2.35. The normalized spacial score (nSPS) is 13.5. The Morgan fingerprint density at radius 2 is 1.80 bits per heavy atom. The SMILES string of the molecule is CCCc1ccc(C(C)(O)c2cccc(C#N)c2)cc1. The zero-order chi connectivity index (χ0) is 14.6. The van der Waals surface area contributed by atoms with Gasteiger partial charge in [0, 0.05) is 0 Å². The van der Waals surface area contributed by atoms with E-state index in [0.29, 0.717) is 5.56 Å². The largest absolute Gasteiger partial charge is 0.381 e. The van der Waals surface area contributed by atoms with Gasteiger partial charge in [-0.15, -0.1) is 0 Å². The highest BCUT2D eigenvalue weighted by Gasteiger charge is 2.25. The fourth-order valence-corrected chi connectivity index (χ4v) is 2.34. The van der Waals surface area contributed by atoms with E-state index in [-0.39, 0.29) is 0 Å². The highest BCUT2D eigenvalue weighted by molar-refractivity contribution is 5.41. The molecule has 0 aliphatic heterocycles. The van der Waals surface area contributed by atoms with Crippen molar-refractivity contribution in [1.29, 1.82) is 5.26 Å². The highest BCUT2D eigenvalue weighted by atomic mass is 16.3. The molecule has 0 bridgehead atoms. The van der Waals surface area contributed by atoms with Crippen LogP contribution >= 0.6 is 0 Å². The molecular weight excluding hydrogens is 246 g/mol. The van der Waals surface area contributed by atoms with Crippen LogP contribution in [0, 0.1) is 11.3 Å². The summed E-state index contributed by atoms with van der Waals surface area (Å²) in [7, 11) is 0. The lowest BCUT2D eigenvalue weighted by molar-refractivity contribution is 0.102. The summed E-state index contributed by atoms with van der Waals surface area (Å²) in [6.45, 7) is 3.91. The first-order chi connectivity index (χ1) is 9.57. The van der Waals surface area contributed by atoms with Crippen LogP contribution in [-0.4, -0.2) is 5.11 Å². The maximum absolute atomic E-state index is 10.8. The molecule has 0 aromatic heterocycles. The van der Waals surface area contributed by atoms with Crippen molar-refractivity contribution in [3.05, 3.63) is 70.8 Å². The molecule has 2 rings (SSSR count). The van der Waals surface area contributed by atoms with E-state index >= 15 is 0 Å². The Morgan fingerprint density at radius 3 is 2.40 bits per heavy atom. The minimum absolute atomic E-state index is 0.561. The van der Waals surface area contributed by atoms with Gasteiger partial charge in [-0.05, 0) is 42.2 Å². The second-order valence-electron chi connectivity index (χ2n) is 5.21. The Bertz CT molecular complexity index is 621. The molecule has 0 spiro atoms. The predicted octanol–water partition coefficient (Wildman–Crippen LogP) is 3.77. The van der Waals surface area contributed by atoms with E-state index in [2.05, 4.69) is 25.1 Å². The number of rotatable bonds is 4. The summed E-state index contributed by atoms with van der Waals surface area (Å²) in [5.74, 6) is 0. The average Bonchev–Trinajstić information content (AvgIpc) is 2.48. The van der Waals surface area contributed by atoms with Crippen molar-refractivity contribution in [1.82, 2.24) is 0 Å². The van der Waals surface area contributed by atoms with E-state index in [1.54, 1.807) is 25.1 Å². The molecule has 0 fully saturated rings. The van der Waals surface area contributed by atoms with Gasteiger partial charge in [-0.3, -0.25) is 0 Å². The van der Waals surface area contributed by atoms with E-state index in [0.717, 1.165) is 24.0 Å². The molecule has 2 nitrogen and oxygen atoms in total. The van der Waals surface area contributed by atoms with Crippen molar-refractivity contribution in [3.63, 3.8) is 0 Å². The lowest BCUT2D eigenvalue weighted by atomic mass is 9.87. The van der Waals surface area contributed by atoms with Crippen LogP contribution in [0.2, 0.25) is 0 Å². The van der Waals surface area contributed by atoms with Gasteiger partial charge in [-0.1, -0.05) is 49.7 Å². The van der Waals surface area contributed by atoms with Crippen LogP contribution in [0.3, 0.4) is 0 Å². The summed E-state index contributed by atoms with van der Waals surface area (Å²) in [4.78, 5) is 0. The third kappa shape index (κ3) is 2.89. The highest BCUT2D eigenvalue weighted by Crippen LogP contribution is 2.29. The summed E-state index contributed by atoms with van der Waals surface area (Å²) in [6, 6.07) is 17.3. The van der Waals surface area contributed by atoms with Gasteiger partial charge in [-0.25, -0.2) is 0 Å². The molecule has 1 atom stereocenters. The lowest BCUT2D eigenvalue weighted by Gasteiger charge is -2.25. The summed E-state index contributed by atoms with van der Waals surface area (Å²) in [6.07, 6.45) is 2.16. The predicted molar refractivity (Wildman–Crippen MR) is 80.3 cm³/mol. The third-order valence-electron chi connectivity index (χ3n) is 3.61. The molecule has 1 N–H and O–H groups in total. The first-order valence-electron chi connectivity index (χ1n) is 6.90. The molecule has 2 heteroatoms. The van der Waals surface area contributed by atoms with E-state index < -0.39 is 5.60 Å². The number of aryl methyl sites for hydroxylation is 1. The Morgan fingerprint density at radius 1 is 1.10 bits per heavy atom. The molecule has 2 aromatic rings. The van der Waals surface area contributed by atoms with Crippen molar-refractivity contribution < 1.29 is 5.11 Å². The van der Waals surface area contributed by atoms with E-state index in [4.69, 9.17) is 5.26 Å². The van der Waals surface area contributed by atoms with Gasteiger partial charge in [0.15, 0.2) is 0 Å². The van der Waals surface area contributed by atoms with Crippen LogP contribution in [-0.2, 0) is 12.0 Å². The maximum atomic E-state index is 10.8. The monoisotopic (exact) mass is 265 g/mol. The first kappa shape index (κ1) is 14.3. The molecular formula is C18H19NO. The third-order valence-corrected chi connectivity index (χ3v) is 3.61. The first-order valence-corrected chi connectivity index (χ1v) is 6.90. The molecule has 2 aromatic carbocycles. The van der Waals surface area contributed by atoms with Gasteiger partial charge in [0.2, 0.25) is 0 Å². The summed E-state index contributed by atoms with van der Waals surface area (Å²) >= 11 is 0. The number of hydrogen-bond donors (Lipinski definition) is 1. The number of hydrogen-bond acceptors (Lipinski definition) is 2. The van der Waals surface area contributed by atoms with Crippen molar-refractivity contribution in [2.24, 2.45) is 0 Å². The van der Waals surface area contributed by atoms with Gasteiger partial charge in [0.05, 0.1) is 11.6 Å². The number of aliphatic hydroxyl groups is 1. The molecule has 0 heterocycles. The van der Waals surface area contributed by atoms with Crippen LogP contribution < -0.4 is 0 Å². The summed E-state index contributed by atoms with van der Waals surface area (Å²) in [5, 5.41) is 19.8. The zero-order valence-corrected chi connectivity index (χ0v) is 11.9. The molecule has 20 heavy (non-hydrogen) atoms. The number of nitrogens with zero attached hydrogens (tertiary/aromatic N) is 1.